The maximum Gasteiger partial charge on any atom is 0.321 e. The van der Waals surface area contributed by atoms with Gasteiger partial charge in [0.25, 0.3) is 0 Å². The molecule has 2 rings (SSSR count). The minimum atomic E-state index is -0.876. The molecule has 0 saturated heterocycles. The van der Waals surface area contributed by atoms with E-state index in [2.05, 4.69) is 11.4 Å². The van der Waals surface area contributed by atoms with Crippen molar-refractivity contribution in [1.82, 2.24) is 5.32 Å². The van der Waals surface area contributed by atoms with E-state index in [0.717, 1.165) is 11.3 Å². The molecular weight excluding hydrogens is 268 g/mol. The zero-order valence-electron chi connectivity index (χ0n) is 12.5. The number of carboxylic acid groups (broad SMARTS) is 1. The minimum absolute atomic E-state index is 0.212. The van der Waals surface area contributed by atoms with Crippen molar-refractivity contribution in [2.45, 2.75) is 38.8 Å². The van der Waals surface area contributed by atoms with Crippen LogP contribution in [0.3, 0.4) is 0 Å². The van der Waals surface area contributed by atoms with Gasteiger partial charge in [0.05, 0.1) is 11.6 Å². The van der Waals surface area contributed by atoms with Gasteiger partial charge >= 0.3 is 5.97 Å². The number of nitriles is 1. The SMILES string of the molecule is CCNC(C(=O)O)C1Cc2cc(C#N)ccc2OC1(C)C. The molecule has 2 unspecified atom stereocenters. The van der Waals surface area contributed by atoms with Crippen LogP contribution in [0.2, 0.25) is 0 Å². The summed E-state index contributed by atoms with van der Waals surface area (Å²) in [5.74, 6) is -0.356. The highest BCUT2D eigenvalue weighted by Crippen LogP contribution is 2.39. The van der Waals surface area contributed by atoms with Crippen LogP contribution in [0.5, 0.6) is 5.75 Å². The summed E-state index contributed by atoms with van der Waals surface area (Å²) in [6, 6.07) is 6.71. The molecule has 0 fully saturated rings. The van der Waals surface area contributed by atoms with E-state index in [1.807, 2.05) is 20.8 Å². The number of nitrogens with zero attached hydrogens (tertiary/aromatic N) is 1. The van der Waals surface area contributed by atoms with Gasteiger partial charge < -0.3 is 15.2 Å². The number of nitrogens with one attached hydrogen (secondary N) is 1. The molecule has 0 aromatic heterocycles. The summed E-state index contributed by atoms with van der Waals surface area (Å²) in [6.07, 6.45) is 0.571. The number of aliphatic carboxylic acids is 1. The lowest BCUT2D eigenvalue weighted by molar-refractivity contribution is -0.144. The summed E-state index contributed by atoms with van der Waals surface area (Å²) in [7, 11) is 0. The summed E-state index contributed by atoms with van der Waals surface area (Å²) in [6.45, 7) is 6.28. The number of carboxylic acids is 1. The van der Waals surface area contributed by atoms with Crippen LogP contribution in [0.25, 0.3) is 0 Å². The fourth-order valence-corrected chi connectivity index (χ4v) is 2.89. The lowest BCUT2D eigenvalue weighted by Crippen LogP contribution is -2.55. The van der Waals surface area contributed by atoms with Gasteiger partial charge in [0.2, 0.25) is 0 Å². The molecule has 0 saturated carbocycles. The van der Waals surface area contributed by atoms with E-state index < -0.39 is 17.6 Å². The second-order valence-corrected chi connectivity index (χ2v) is 5.82. The molecule has 1 heterocycles. The van der Waals surface area contributed by atoms with Crippen LogP contribution in [0.4, 0.5) is 0 Å². The largest absolute Gasteiger partial charge is 0.487 e. The third-order valence-corrected chi connectivity index (χ3v) is 3.99. The molecule has 2 atom stereocenters. The summed E-state index contributed by atoms with van der Waals surface area (Å²) >= 11 is 0. The molecular formula is C16H20N2O3. The molecule has 112 valence electrons. The molecule has 0 radical (unpaired) electrons. The first kappa shape index (κ1) is 15.3. The Morgan fingerprint density at radius 2 is 2.33 bits per heavy atom. The van der Waals surface area contributed by atoms with Crippen molar-refractivity contribution >= 4 is 5.97 Å². The highest BCUT2D eigenvalue weighted by atomic mass is 16.5. The Bertz CT molecular complexity index is 590. The number of benzene rings is 1. The van der Waals surface area contributed by atoms with Gasteiger partial charge in [-0.2, -0.15) is 5.26 Å². The Hall–Kier alpha value is -2.06. The molecule has 5 heteroatoms. The van der Waals surface area contributed by atoms with Crippen LogP contribution in [0.1, 0.15) is 31.9 Å². The van der Waals surface area contributed by atoms with E-state index in [0.29, 0.717) is 18.5 Å². The lowest BCUT2D eigenvalue weighted by Gasteiger charge is -2.42. The number of hydrogen-bond acceptors (Lipinski definition) is 4. The lowest BCUT2D eigenvalue weighted by atomic mass is 9.77. The van der Waals surface area contributed by atoms with Crippen molar-refractivity contribution in [3.63, 3.8) is 0 Å². The van der Waals surface area contributed by atoms with E-state index in [4.69, 9.17) is 10.00 Å². The van der Waals surface area contributed by atoms with Crippen molar-refractivity contribution in [2.24, 2.45) is 5.92 Å². The molecule has 0 amide bonds. The van der Waals surface area contributed by atoms with Crippen LogP contribution >= 0.6 is 0 Å². The van der Waals surface area contributed by atoms with E-state index in [1.54, 1.807) is 18.2 Å². The molecule has 1 aliphatic rings. The predicted molar refractivity (Wildman–Crippen MR) is 78.2 cm³/mol. The molecule has 0 bridgehead atoms. The third kappa shape index (κ3) is 3.01. The van der Waals surface area contributed by atoms with Gasteiger partial charge in [-0.05, 0) is 50.6 Å². The van der Waals surface area contributed by atoms with Gasteiger partial charge in [-0.15, -0.1) is 0 Å². The van der Waals surface area contributed by atoms with E-state index in [9.17, 15) is 9.90 Å². The Morgan fingerprint density at radius 3 is 2.90 bits per heavy atom. The second-order valence-electron chi connectivity index (χ2n) is 5.82. The number of hydrogen-bond donors (Lipinski definition) is 2. The van der Waals surface area contributed by atoms with Gasteiger partial charge in [-0.1, -0.05) is 6.92 Å². The average Bonchev–Trinajstić information content (AvgIpc) is 2.43. The Labute approximate surface area is 124 Å². The standard InChI is InChI=1S/C16H20N2O3/c1-4-18-14(15(19)20)12-8-11-7-10(9-17)5-6-13(11)21-16(12,2)3/h5-7,12,14,18H,4,8H2,1-3H3,(H,19,20). The van der Waals surface area contributed by atoms with Crippen LogP contribution in [0.15, 0.2) is 18.2 Å². The molecule has 0 aliphatic carbocycles. The van der Waals surface area contributed by atoms with Gasteiger partial charge in [0, 0.05) is 5.92 Å². The Balaban J connectivity index is 2.39. The maximum atomic E-state index is 11.5. The van der Waals surface area contributed by atoms with Gasteiger partial charge in [0.1, 0.15) is 17.4 Å². The van der Waals surface area contributed by atoms with Crippen molar-refractivity contribution < 1.29 is 14.6 Å². The predicted octanol–water partition coefficient (Wildman–Crippen LogP) is 1.95. The first-order valence-electron chi connectivity index (χ1n) is 7.07. The molecule has 21 heavy (non-hydrogen) atoms. The second kappa shape index (κ2) is 5.74. The Morgan fingerprint density at radius 1 is 1.62 bits per heavy atom. The van der Waals surface area contributed by atoms with E-state index in [-0.39, 0.29) is 5.92 Å². The fourth-order valence-electron chi connectivity index (χ4n) is 2.89. The summed E-state index contributed by atoms with van der Waals surface area (Å²) in [4.78, 5) is 11.5. The minimum Gasteiger partial charge on any atom is -0.487 e. The normalized spacial score (nSPS) is 20.8. The van der Waals surface area contributed by atoms with Gasteiger partial charge in [-0.25, -0.2) is 0 Å². The molecule has 5 nitrogen and oxygen atoms in total. The highest BCUT2D eigenvalue weighted by Gasteiger charge is 2.44. The fraction of sp³-hybridized carbons (Fsp3) is 0.500. The van der Waals surface area contributed by atoms with Crippen molar-refractivity contribution in [3.05, 3.63) is 29.3 Å². The first-order valence-corrected chi connectivity index (χ1v) is 7.07. The van der Waals surface area contributed by atoms with Crippen LogP contribution in [-0.4, -0.2) is 29.3 Å². The average molecular weight is 288 g/mol. The number of likely N-dealkylation sites (N-methyl/N-ethyl adjacent to an activating group) is 1. The number of fused-ring (bicyclic) bond motifs is 1. The van der Waals surface area contributed by atoms with Crippen molar-refractivity contribution in [1.29, 1.82) is 5.26 Å². The molecule has 1 aromatic rings. The molecule has 1 aliphatic heterocycles. The van der Waals surface area contributed by atoms with Crippen molar-refractivity contribution in [2.75, 3.05) is 6.54 Å². The topological polar surface area (TPSA) is 82.4 Å². The van der Waals surface area contributed by atoms with Gasteiger partial charge in [0.15, 0.2) is 0 Å². The summed E-state index contributed by atoms with van der Waals surface area (Å²) < 4.78 is 6.00. The molecule has 0 spiro atoms. The zero-order valence-corrected chi connectivity index (χ0v) is 12.5. The summed E-state index contributed by atoms with van der Waals surface area (Å²) in [5, 5.41) is 21.5. The Kier molecular flexibility index (Phi) is 4.19. The molecule has 2 N–H and O–H groups in total. The highest BCUT2D eigenvalue weighted by molar-refractivity contribution is 5.74. The molecule has 1 aromatic carbocycles. The first-order chi connectivity index (χ1) is 9.89. The van der Waals surface area contributed by atoms with Gasteiger partial charge in [-0.3, -0.25) is 4.79 Å². The number of ether oxygens (including phenoxy) is 1. The van der Waals surface area contributed by atoms with E-state index >= 15 is 0 Å². The smallest absolute Gasteiger partial charge is 0.321 e. The summed E-state index contributed by atoms with van der Waals surface area (Å²) in [5.41, 5.74) is 0.862. The van der Waals surface area contributed by atoms with Crippen LogP contribution in [0, 0.1) is 17.2 Å². The zero-order chi connectivity index (χ0) is 15.6. The van der Waals surface area contributed by atoms with Crippen LogP contribution < -0.4 is 10.1 Å². The van der Waals surface area contributed by atoms with Crippen molar-refractivity contribution in [3.8, 4) is 11.8 Å². The van der Waals surface area contributed by atoms with Crippen LogP contribution in [-0.2, 0) is 11.2 Å². The third-order valence-electron chi connectivity index (χ3n) is 3.99. The number of rotatable bonds is 4. The maximum absolute atomic E-state index is 11.5. The quantitative estimate of drug-likeness (QED) is 0.885. The monoisotopic (exact) mass is 288 g/mol. The van der Waals surface area contributed by atoms with E-state index in [1.165, 1.54) is 0 Å². The number of carbonyl (C=O) groups is 1.